The second-order valence-electron chi connectivity index (χ2n) is 5.18. The first kappa shape index (κ1) is 13.5. The fraction of sp³-hybridized carbons (Fsp3) is 0.750. The molecule has 6 heteroatoms. The van der Waals surface area contributed by atoms with Crippen LogP contribution in [0.5, 0.6) is 0 Å². The highest BCUT2D eigenvalue weighted by atomic mass is 79.9. The first-order chi connectivity index (χ1) is 8.65. The third-order valence-electron chi connectivity index (χ3n) is 3.76. The Kier molecular flexibility index (Phi) is 4.37. The Hall–Kier alpha value is -0.910. The van der Waals surface area contributed by atoms with Gasteiger partial charge in [0.2, 0.25) is 0 Å². The predicted octanol–water partition coefficient (Wildman–Crippen LogP) is 3.53. The molecule has 1 aromatic rings. The SMILES string of the molecule is O=[N+]([O-])c1ccn(CC2(CBr)CCCCCC2)n1. The smallest absolute Gasteiger partial charge is 0.358 e. The minimum Gasteiger partial charge on any atom is -0.358 e. The number of rotatable bonds is 4. The molecule has 0 aliphatic heterocycles. The van der Waals surface area contributed by atoms with Crippen LogP contribution in [0.25, 0.3) is 0 Å². The Labute approximate surface area is 115 Å². The monoisotopic (exact) mass is 315 g/mol. The van der Waals surface area contributed by atoms with E-state index in [1.165, 1.54) is 44.6 Å². The van der Waals surface area contributed by atoms with Crippen LogP contribution in [0.15, 0.2) is 12.3 Å². The lowest BCUT2D eigenvalue weighted by molar-refractivity contribution is -0.389. The second kappa shape index (κ2) is 5.82. The van der Waals surface area contributed by atoms with Crippen LogP contribution in [0.2, 0.25) is 0 Å². The quantitative estimate of drug-likeness (QED) is 0.369. The fourth-order valence-corrected chi connectivity index (χ4v) is 3.43. The van der Waals surface area contributed by atoms with Crippen molar-refractivity contribution >= 4 is 21.7 Å². The molecule has 0 unspecified atom stereocenters. The molecule has 1 saturated carbocycles. The summed E-state index contributed by atoms with van der Waals surface area (Å²) in [7, 11) is 0. The highest BCUT2D eigenvalue weighted by molar-refractivity contribution is 9.09. The van der Waals surface area contributed by atoms with Gasteiger partial charge in [-0.2, -0.15) is 4.68 Å². The lowest BCUT2D eigenvalue weighted by Crippen LogP contribution is -2.28. The van der Waals surface area contributed by atoms with Gasteiger partial charge in [0.25, 0.3) is 0 Å². The van der Waals surface area contributed by atoms with Crippen LogP contribution in [0, 0.1) is 15.5 Å². The fourth-order valence-electron chi connectivity index (χ4n) is 2.69. The molecule has 1 heterocycles. The maximum absolute atomic E-state index is 10.6. The zero-order chi connectivity index (χ0) is 13.0. The highest BCUT2D eigenvalue weighted by Crippen LogP contribution is 2.38. The van der Waals surface area contributed by atoms with Crippen molar-refractivity contribution in [3.8, 4) is 0 Å². The van der Waals surface area contributed by atoms with E-state index in [1.807, 2.05) is 0 Å². The number of aromatic nitrogens is 2. The molecule has 1 aromatic heterocycles. The maximum Gasteiger partial charge on any atom is 0.389 e. The Bertz CT molecular complexity index is 411. The summed E-state index contributed by atoms with van der Waals surface area (Å²) in [6.45, 7) is 0.770. The zero-order valence-electron chi connectivity index (χ0n) is 10.3. The van der Waals surface area contributed by atoms with Crippen molar-refractivity contribution < 1.29 is 4.92 Å². The largest absolute Gasteiger partial charge is 0.389 e. The summed E-state index contributed by atoms with van der Waals surface area (Å²) in [6, 6.07) is 1.47. The molecule has 0 atom stereocenters. The van der Waals surface area contributed by atoms with Gasteiger partial charge in [0, 0.05) is 10.7 Å². The molecule has 0 aromatic carbocycles. The number of halogens is 1. The lowest BCUT2D eigenvalue weighted by Gasteiger charge is -2.29. The van der Waals surface area contributed by atoms with E-state index in [1.54, 1.807) is 10.9 Å². The van der Waals surface area contributed by atoms with Crippen molar-refractivity contribution in [3.05, 3.63) is 22.4 Å². The van der Waals surface area contributed by atoms with Crippen molar-refractivity contribution in [2.75, 3.05) is 5.33 Å². The van der Waals surface area contributed by atoms with Gasteiger partial charge in [-0.15, -0.1) is 0 Å². The molecule has 1 fully saturated rings. The average molecular weight is 316 g/mol. The van der Waals surface area contributed by atoms with E-state index in [4.69, 9.17) is 0 Å². The van der Waals surface area contributed by atoms with Gasteiger partial charge in [0.1, 0.15) is 0 Å². The van der Waals surface area contributed by atoms with Crippen molar-refractivity contribution in [1.82, 2.24) is 9.78 Å². The van der Waals surface area contributed by atoms with E-state index in [0.29, 0.717) is 0 Å². The molecule has 0 radical (unpaired) electrons. The molecule has 0 amide bonds. The summed E-state index contributed by atoms with van der Waals surface area (Å²) in [5.74, 6) is -0.0617. The molecule has 2 rings (SSSR count). The Morgan fingerprint density at radius 3 is 2.56 bits per heavy atom. The summed E-state index contributed by atoms with van der Waals surface area (Å²) in [4.78, 5) is 10.2. The molecule has 1 aliphatic carbocycles. The zero-order valence-corrected chi connectivity index (χ0v) is 11.9. The molecular formula is C12H18BrN3O2. The summed E-state index contributed by atoms with van der Waals surface area (Å²) in [5, 5.41) is 15.6. The van der Waals surface area contributed by atoms with E-state index in [-0.39, 0.29) is 11.2 Å². The van der Waals surface area contributed by atoms with Crippen LogP contribution in [0.1, 0.15) is 38.5 Å². The van der Waals surface area contributed by atoms with E-state index in [2.05, 4.69) is 21.0 Å². The van der Waals surface area contributed by atoms with Crippen LogP contribution < -0.4 is 0 Å². The van der Waals surface area contributed by atoms with Crippen LogP contribution in [0.3, 0.4) is 0 Å². The Morgan fingerprint density at radius 1 is 1.39 bits per heavy atom. The third-order valence-corrected chi connectivity index (χ3v) is 4.95. The second-order valence-corrected chi connectivity index (χ2v) is 5.74. The van der Waals surface area contributed by atoms with E-state index in [0.717, 1.165) is 11.9 Å². The van der Waals surface area contributed by atoms with Crippen molar-refractivity contribution in [1.29, 1.82) is 0 Å². The summed E-state index contributed by atoms with van der Waals surface area (Å²) >= 11 is 3.62. The summed E-state index contributed by atoms with van der Waals surface area (Å²) in [5.41, 5.74) is 0.205. The third kappa shape index (κ3) is 3.10. The lowest BCUT2D eigenvalue weighted by atomic mass is 9.82. The molecule has 0 saturated heterocycles. The predicted molar refractivity (Wildman–Crippen MR) is 72.8 cm³/mol. The number of nitrogens with zero attached hydrogens (tertiary/aromatic N) is 3. The molecule has 0 spiro atoms. The van der Waals surface area contributed by atoms with Gasteiger partial charge in [-0.3, -0.25) is 0 Å². The molecule has 1 aliphatic rings. The minimum absolute atomic E-state index is 0.0617. The van der Waals surface area contributed by atoms with Crippen LogP contribution >= 0.6 is 15.9 Å². The number of hydrogen-bond donors (Lipinski definition) is 0. The van der Waals surface area contributed by atoms with Gasteiger partial charge in [-0.25, -0.2) is 0 Å². The standard InChI is InChI=1S/C12H18BrN3O2/c13-9-12(6-3-1-2-4-7-12)10-15-8-5-11(14-15)16(17)18/h5,8H,1-4,6-7,9-10H2. The highest BCUT2D eigenvalue weighted by Gasteiger charge is 2.32. The van der Waals surface area contributed by atoms with E-state index in [9.17, 15) is 10.1 Å². The summed E-state index contributed by atoms with van der Waals surface area (Å²) < 4.78 is 1.73. The first-order valence-electron chi connectivity index (χ1n) is 6.39. The van der Waals surface area contributed by atoms with E-state index < -0.39 is 4.92 Å². The first-order valence-corrected chi connectivity index (χ1v) is 7.51. The van der Waals surface area contributed by atoms with E-state index >= 15 is 0 Å². The molecule has 18 heavy (non-hydrogen) atoms. The molecule has 0 N–H and O–H groups in total. The Morgan fingerprint density at radius 2 is 2.06 bits per heavy atom. The topological polar surface area (TPSA) is 61.0 Å². The van der Waals surface area contributed by atoms with Gasteiger partial charge in [0.15, 0.2) is 0 Å². The molecule has 5 nitrogen and oxygen atoms in total. The Balaban J connectivity index is 2.10. The van der Waals surface area contributed by atoms with Gasteiger partial charge >= 0.3 is 5.82 Å². The van der Waals surface area contributed by atoms with Gasteiger partial charge in [-0.1, -0.05) is 41.6 Å². The molecule has 0 bridgehead atoms. The molecule has 100 valence electrons. The van der Waals surface area contributed by atoms with Crippen LogP contribution in [0.4, 0.5) is 5.82 Å². The van der Waals surface area contributed by atoms with Crippen molar-refractivity contribution in [3.63, 3.8) is 0 Å². The maximum atomic E-state index is 10.6. The van der Waals surface area contributed by atoms with Crippen LogP contribution in [-0.4, -0.2) is 20.0 Å². The van der Waals surface area contributed by atoms with Gasteiger partial charge < -0.3 is 10.1 Å². The van der Waals surface area contributed by atoms with Crippen molar-refractivity contribution in [2.45, 2.75) is 45.1 Å². The number of hydrogen-bond acceptors (Lipinski definition) is 3. The summed E-state index contributed by atoms with van der Waals surface area (Å²) in [6.07, 6.45) is 9.15. The molecular weight excluding hydrogens is 298 g/mol. The number of nitro groups is 1. The van der Waals surface area contributed by atoms with Gasteiger partial charge in [-0.05, 0) is 17.8 Å². The van der Waals surface area contributed by atoms with Crippen molar-refractivity contribution in [2.24, 2.45) is 5.41 Å². The average Bonchev–Trinajstić information content (AvgIpc) is 2.69. The van der Waals surface area contributed by atoms with Crippen LogP contribution in [-0.2, 0) is 6.54 Å². The minimum atomic E-state index is -0.440. The number of alkyl halides is 1. The normalized spacial score (nSPS) is 19.4. The van der Waals surface area contributed by atoms with Gasteiger partial charge in [0.05, 0.1) is 23.9 Å².